The van der Waals surface area contributed by atoms with E-state index in [1.165, 1.54) is 0 Å². The topological polar surface area (TPSA) is 0 Å². The molecule has 0 saturated carbocycles. The summed E-state index contributed by atoms with van der Waals surface area (Å²) in [6.07, 6.45) is 0. The van der Waals surface area contributed by atoms with Crippen LogP contribution in [0, 0.1) is 11.8 Å². The Morgan fingerprint density at radius 2 is 1.50 bits per heavy atom. The van der Waals surface area contributed by atoms with Gasteiger partial charge >= 0.3 is 0 Å². The zero-order chi connectivity index (χ0) is 11.4. The third-order valence-electron chi connectivity index (χ3n) is 2.00. The molecule has 0 heterocycles. The van der Waals surface area contributed by atoms with Crippen molar-refractivity contribution in [1.29, 1.82) is 0 Å². The van der Waals surface area contributed by atoms with Gasteiger partial charge in [0, 0.05) is 20.6 Å². The van der Waals surface area contributed by atoms with Crippen LogP contribution in [0.4, 0.5) is 0 Å². The molecule has 0 atom stereocenters. The Bertz CT molecular complexity index is 515. The van der Waals surface area contributed by atoms with Gasteiger partial charge in [0.15, 0.2) is 0 Å². The minimum atomic E-state index is 0.709. The Morgan fingerprint density at radius 3 is 2.12 bits per heavy atom. The molecule has 2 aromatic carbocycles. The van der Waals surface area contributed by atoms with Crippen molar-refractivity contribution in [3.8, 4) is 11.8 Å². The highest BCUT2D eigenvalue weighted by Gasteiger charge is 1.90. The van der Waals surface area contributed by atoms with E-state index in [9.17, 15) is 0 Å². The summed E-state index contributed by atoms with van der Waals surface area (Å²) in [5.41, 5.74) is 1.90. The van der Waals surface area contributed by atoms with E-state index in [-0.39, 0.29) is 0 Å². The molecular weight excluding hydrogens is 284 g/mol. The first-order chi connectivity index (χ1) is 7.74. The van der Waals surface area contributed by atoms with E-state index in [2.05, 4.69) is 27.8 Å². The standard InChI is InChI=1S/C14H8BrCl/c15-13-5-1-3-11(9-13)7-8-12-4-2-6-14(16)10-12/h1-6,9-10H. The van der Waals surface area contributed by atoms with Crippen molar-refractivity contribution in [2.45, 2.75) is 0 Å². The molecule has 0 aliphatic rings. The van der Waals surface area contributed by atoms with Crippen LogP contribution in [0.5, 0.6) is 0 Å². The molecule has 0 radical (unpaired) electrons. The Labute approximate surface area is 108 Å². The van der Waals surface area contributed by atoms with Crippen molar-refractivity contribution in [2.75, 3.05) is 0 Å². The van der Waals surface area contributed by atoms with E-state index in [1.54, 1.807) is 0 Å². The first kappa shape index (κ1) is 11.3. The Kier molecular flexibility index (Phi) is 3.66. The lowest BCUT2D eigenvalue weighted by Crippen LogP contribution is -1.76. The Morgan fingerprint density at radius 1 is 0.875 bits per heavy atom. The summed E-state index contributed by atoms with van der Waals surface area (Å²) in [6, 6.07) is 15.4. The smallest absolute Gasteiger partial charge is 0.0418 e. The summed E-state index contributed by atoms with van der Waals surface area (Å²) in [5, 5.41) is 0.709. The Balaban J connectivity index is 2.28. The predicted octanol–water partition coefficient (Wildman–Crippen LogP) is 4.50. The van der Waals surface area contributed by atoms with Crippen LogP contribution in [-0.2, 0) is 0 Å². The maximum Gasteiger partial charge on any atom is 0.0418 e. The molecule has 0 N–H and O–H groups in total. The molecule has 78 valence electrons. The second-order valence-corrected chi connectivity index (χ2v) is 4.62. The molecule has 0 amide bonds. The number of hydrogen-bond acceptors (Lipinski definition) is 0. The fourth-order valence-corrected chi connectivity index (χ4v) is 1.87. The van der Waals surface area contributed by atoms with E-state index in [0.717, 1.165) is 15.6 Å². The number of rotatable bonds is 0. The van der Waals surface area contributed by atoms with E-state index in [0.29, 0.717) is 5.02 Å². The van der Waals surface area contributed by atoms with E-state index in [4.69, 9.17) is 11.6 Å². The van der Waals surface area contributed by atoms with Crippen LogP contribution in [0.1, 0.15) is 11.1 Å². The number of benzene rings is 2. The predicted molar refractivity (Wildman–Crippen MR) is 71.6 cm³/mol. The zero-order valence-electron chi connectivity index (χ0n) is 8.37. The summed E-state index contributed by atoms with van der Waals surface area (Å²) >= 11 is 9.29. The molecular formula is C14H8BrCl. The number of halogens is 2. The summed E-state index contributed by atoms with van der Waals surface area (Å²) in [4.78, 5) is 0. The lowest BCUT2D eigenvalue weighted by Gasteiger charge is -1.92. The molecule has 0 unspecified atom stereocenters. The third kappa shape index (κ3) is 3.13. The van der Waals surface area contributed by atoms with Crippen LogP contribution >= 0.6 is 27.5 Å². The fourth-order valence-electron chi connectivity index (χ4n) is 1.28. The maximum atomic E-state index is 5.88. The fraction of sp³-hybridized carbons (Fsp3) is 0. The van der Waals surface area contributed by atoms with Gasteiger partial charge in [-0.2, -0.15) is 0 Å². The second-order valence-electron chi connectivity index (χ2n) is 3.27. The highest BCUT2D eigenvalue weighted by atomic mass is 79.9. The van der Waals surface area contributed by atoms with Gasteiger partial charge in [0.05, 0.1) is 0 Å². The van der Waals surface area contributed by atoms with Crippen molar-refractivity contribution >= 4 is 27.5 Å². The third-order valence-corrected chi connectivity index (χ3v) is 2.73. The first-order valence-corrected chi connectivity index (χ1v) is 5.94. The maximum absolute atomic E-state index is 5.88. The normalized spacial score (nSPS) is 9.38. The van der Waals surface area contributed by atoms with Gasteiger partial charge in [-0.1, -0.05) is 51.5 Å². The van der Waals surface area contributed by atoms with Gasteiger partial charge < -0.3 is 0 Å². The van der Waals surface area contributed by atoms with E-state index < -0.39 is 0 Å². The van der Waals surface area contributed by atoms with Crippen molar-refractivity contribution in [1.82, 2.24) is 0 Å². The number of hydrogen-bond donors (Lipinski definition) is 0. The molecule has 0 aliphatic heterocycles. The molecule has 0 fully saturated rings. The molecule has 16 heavy (non-hydrogen) atoms. The molecule has 0 spiro atoms. The minimum Gasteiger partial charge on any atom is -0.0843 e. The highest BCUT2D eigenvalue weighted by molar-refractivity contribution is 9.10. The Hall–Kier alpha value is -1.23. The van der Waals surface area contributed by atoms with Gasteiger partial charge in [0.25, 0.3) is 0 Å². The summed E-state index contributed by atoms with van der Waals surface area (Å²) < 4.78 is 1.03. The molecule has 2 aromatic rings. The second kappa shape index (κ2) is 5.21. The van der Waals surface area contributed by atoms with Gasteiger partial charge in [0.1, 0.15) is 0 Å². The molecule has 0 bridgehead atoms. The van der Waals surface area contributed by atoms with Crippen molar-refractivity contribution in [3.63, 3.8) is 0 Å². The lowest BCUT2D eigenvalue weighted by molar-refractivity contribution is 1.59. The largest absolute Gasteiger partial charge is 0.0843 e. The van der Waals surface area contributed by atoms with Crippen molar-refractivity contribution in [2.24, 2.45) is 0 Å². The summed E-state index contributed by atoms with van der Waals surface area (Å²) in [5.74, 6) is 6.16. The monoisotopic (exact) mass is 290 g/mol. The van der Waals surface area contributed by atoms with Gasteiger partial charge in [-0.3, -0.25) is 0 Å². The molecule has 0 saturated heterocycles. The molecule has 2 heteroatoms. The average Bonchev–Trinajstić information content (AvgIpc) is 2.27. The average molecular weight is 292 g/mol. The summed E-state index contributed by atoms with van der Waals surface area (Å²) in [7, 11) is 0. The van der Waals surface area contributed by atoms with Gasteiger partial charge in [-0.05, 0) is 36.4 Å². The van der Waals surface area contributed by atoms with E-state index >= 15 is 0 Å². The molecule has 2 rings (SSSR count). The van der Waals surface area contributed by atoms with Crippen molar-refractivity contribution in [3.05, 3.63) is 69.2 Å². The molecule has 0 nitrogen and oxygen atoms in total. The highest BCUT2D eigenvalue weighted by Crippen LogP contribution is 2.12. The summed E-state index contributed by atoms with van der Waals surface area (Å²) in [6.45, 7) is 0. The van der Waals surface area contributed by atoms with Crippen LogP contribution in [0.2, 0.25) is 5.02 Å². The van der Waals surface area contributed by atoms with Crippen LogP contribution in [0.25, 0.3) is 0 Å². The van der Waals surface area contributed by atoms with E-state index in [1.807, 2.05) is 48.5 Å². The van der Waals surface area contributed by atoms with Crippen molar-refractivity contribution < 1.29 is 0 Å². The SMILES string of the molecule is Clc1cccc(C#Cc2cccc(Br)c2)c1. The first-order valence-electron chi connectivity index (χ1n) is 4.77. The van der Waals surface area contributed by atoms with Crippen LogP contribution in [0.3, 0.4) is 0 Å². The minimum absolute atomic E-state index is 0.709. The van der Waals surface area contributed by atoms with Crippen LogP contribution < -0.4 is 0 Å². The lowest BCUT2D eigenvalue weighted by atomic mass is 10.2. The quantitative estimate of drug-likeness (QED) is 0.627. The van der Waals surface area contributed by atoms with Crippen LogP contribution in [-0.4, -0.2) is 0 Å². The van der Waals surface area contributed by atoms with Gasteiger partial charge in [-0.15, -0.1) is 0 Å². The van der Waals surface area contributed by atoms with Crippen LogP contribution in [0.15, 0.2) is 53.0 Å². The zero-order valence-corrected chi connectivity index (χ0v) is 10.7. The molecule has 0 aromatic heterocycles. The molecule has 0 aliphatic carbocycles. The van der Waals surface area contributed by atoms with Gasteiger partial charge in [-0.25, -0.2) is 0 Å². The van der Waals surface area contributed by atoms with Gasteiger partial charge in [0.2, 0.25) is 0 Å².